The largest absolute Gasteiger partial charge is 0.338 e. The number of benzene rings is 1. The predicted octanol–water partition coefficient (Wildman–Crippen LogP) is 3.09. The molecule has 0 N–H and O–H groups in total. The third-order valence-corrected chi connectivity index (χ3v) is 4.51. The van der Waals surface area contributed by atoms with E-state index in [4.69, 9.17) is 0 Å². The van der Waals surface area contributed by atoms with Crippen molar-refractivity contribution in [3.8, 4) is 0 Å². The Morgan fingerprint density at radius 1 is 1.37 bits per heavy atom. The number of nitrogens with zero attached hydrogens (tertiary/aromatic N) is 2. The maximum absolute atomic E-state index is 12.4. The zero-order valence-corrected chi connectivity index (χ0v) is 12.4. The minimum atomic E-state index is -0.490. The average molecular weight is 327 g/mol. The third kappa shape index (κ3) is 2.63. The fourth-order valence-corrected chi connectivity index (χ4v) is 2.87. The predicted molar refractivity (Wildman–Crippen MR) is 75.0 cm³/mol. The number of carbonyl (C=O) groups is 1. The first-order valence-corrected chi connectivity index (χ1v) is 6.93. The Balaban J connectivity index is 2.30. The van der Waals surface area contributed by atoms with Crippen LogP contribution in [0, 0.1) is 22.0 Å². The van der Waals surface area contributed by atoms with Gasteiger partial charge in [-0.2, -0.15) is 0 Å². The molecule has 1 fully saturated rings. The molecule has 0 bridgehead atoms. The van der Waals surface area contributed by atoms with Crippen molar-refractivity contribution in [2.45, 2.75) is 13.8 Å². The van der Waals surface area contributed by atoms with Gasteiger partial charge in [-0.05, 0) is 33.8 Å². The average Bonchev–Trinajstić information content (AvgIpc) is 2.69. The van der Waals surface area contributed by atoms with Crippen LogP contribution < -0.4 is 0 Å². The van der Waals surface area contributed by atoms with Crippen LogP contribution in [0.4, 0.5) is 5.69 Å². The van der Waals surface area contributed by atoms with E-state index in [-0.39, 0.29) is 16.1 Å². The van der Waals surface area contributed by atoms with Gasteiger partial charge in [-0.3, -0.25) is 14.9 Å². The highest BCUT2D eigenvalue weighted by molar-refractivity contribution is 9.10. The minimum Gasteiger partial charge on any atom is -0.338 e. The van der Waals surface area contributed by atoms with Crippen LogP contribution in [0.15, 0.2) is 22.7 Å². The number of hydrogen-bond acceptors (Lipinski definition) is 3. The Hall–Kier alpha value is -1.43. The molecule has 0 radical (unpaired) electrons. The van der Waals surface area contributed by atoms with Gasteiger partial charge < -0.3 is 4.90 Å². The molecule has 1 heterocycles. The summed E-state index contributed by atoms with van der Waals surface area (Å²) in [5.41, 5.74) is 0.279. The van der Waals surface area contributed by atoms with Gasteiger partial charge in [0.25, 0.3) is 11.6 Å². The number of nitro groups is 1. The molecule has 6 heteroatoms. The van der Waals surface area contributed by atoms with Crippen molar-refractivity contribution in [3.05, 3.63) is 38.3 Å². The molecule has 1 aromatic rings. The summed E-state index contributed by atoms with van der Waals surface area (Å²) in [6, 6.07) is 4.54. The summed E-state index contributed by atoms with van der Waals surface area (Å²) in [5.74, 6) is 0.773. The van der Waals surface area contributed by atoms with Gasteiger partial charge >= 0.3 is 0 Å². The van der Waals surface area contributed by atoms with Crippen molar-refractivity contribution in [1.29, 1.82) is 0 Å². The molecule has 0 saturated carbocycles. The van der Waals surface area contributed by atoms with E-state index in [2.05, 4.69) is 29.8 Å². The van der Waals surface area contributed by atoms with Crippen LogP contribution in [-0.2, 0) is 0 Å². The number of rotatable bonds is 2. The van der Waals surface area contributed by atoms with Gasteiger partial charge in [0.1, 0.15) is 4.47 Å². The van der Waals surface area contributed by atoms with Crippen LogP contribution in [0.5, 0.6) is 0 Å². The van der Waals surface area contributed by atoms with E-state index in [1.54, 1.807) is 17.0 Å². The van der Waals surface area contributed by atoms with E-state index in [0.29, 0.717) is 30.5 Å². The third-order valence-electron chi connectivity index (χ3n) is 3.68. The molecule has 1 amide bonds. The lowest BCUT2D eigenvalue weighted by atomic mass is 10.0. The topological polar surface area (TPSA) is 63.5 Å². The van der Waals surface area contributed by atoms with Crippen molar-refractivity contribution < 1.29 is 9.72 Å². The molecule has 2 atom stereocenters. The van der Waals surface area contributed by atoms with Crippen molar-refractivity contribution in [2.75, 3.05) is 13.1 Å². The fraction of sp³-hybridized carbons (Fsp3) is 0.462. The molecule has 1 aliphatic heterocycles. The summed E-state index contributed by atoms with van der Waals surface area (Å²) in [5, 5.41) is 10.9. The SMILES string of the molecule is CC1CN(C(=O)c2cccc([N+](=O)[O-])c2Br)CC1C. The van der Waals surface area contributed by atoms with Gasteiger partial charge in [0.15, 0.2) is 0 Å². The molecular weight excluding hydrogens is 312 g/mol. The second-order valence-corrected chi connectivity index (χ2v) is 5.85. The van der Waals surface area contributed by atoms with Gasteiger partial charge in [-0.15, -0.1) is 0 Å². The van der Waals surface area contributed by atoms with Gasteiger partial charge in [0.05, 0.1) is 10.5 Å². The summed E-state index contributed by atoms with van der Waals surface area (Å²) in [7, 11) is 0. The zero-order valence-electron chi connectivity index (χ0n) is 10.8. The Kier molecular flexibility index (Phi) is 3.89. The lowest BCUT2D eigenvalue weighted by Crippen LogP contribution is -2.29. The van der Waals surface area contributed by atoms with Crippen LogP contribution >= 0.6 is 15.9 Å². The molecule has 102 valence electrons. The van der Waals surface area contributed by atoms with E-state index in [1.165, 1.54) is 6.07 Å². The van der Waals surface area contributed by atoms with E-state index in [0.717, 1.165) is 0 Å². The van der Waals surface area contributed by atoms with Crippen molar-refractivity contribution >= 4 is 27.5 Å². The lowest BCUT2D eigenvalue weighted by molar-refractivity contribution is -0.385. The van der Waals surface area contributed by atoms with Crippen LogP contribution in [0.3, 0.4) is 0 Å². The maximum Gasteiger partial charge on any atom is 0.284 e. The van der Waals surface area contributed by atoms with E-state index >= 15 is 0 Å². The van der Waals surface area contributed by atoms with Crippen LogP contribution in [0.25, 0.3) is 0 Å². The molecule has 1 saturated heterocycles. The van der Waals surface area contributed by atoms with E-state index < -0.39 is 4.92 Å². The summed E-state index contributed by atoms with van der Waals surface area (Å²) in [4.78, 5) is 24.6. The number of hydrogen-bond donors (Lipinski definition) is 0. The molecule has 0 aliphatic carbocycles. The highest BCUT2D eigenvalue weighted by Crippen LogP contribution is 2.31. The van der Waals surface area contributed by atoms with Gasteiger partial charge in [0.2, 0.25) is 0 Å². The molecule has 0 aromatic heterocycles. The second-order valence-electron chi connectivity index (χ2n) is 5.06. The molecule has 19 heavy (non-hydrogen) atoms. The number of likely N-dealkylation sites (tertiary alicyclic amines) is 1. The second kappa shape index (κ2) is 5.28. The van der Waals surface area contributed by atoms with Gasteiger partial charge in [-0.1, -0.05) is 19.9 Å². The summed E-state index contributed by atoms with van der Waals surface area (Å²) in [6.45, 7) is 5.63. The van der Waals surface area contributed by atoms with Crippen molar-refractivity contribution in [3.63, 3.8) is 0 Å². The molecule has 2 rings (SSSR count). The normalized spacial score (nSPS) is 22.6. The number of nitro benzene ring substituents is 1. The number of halogens is 1. The Morgan fingerprint density at radius 3 is 2.47 bits per heavy atom. The van der Waals surface area contributed by atoms with Crippen LogP contribution in [0.2, 0.25) is 0 Å². The smallest absolute Gasteiger partial charge is 0.284 e. The molecule has 1 aromatic carbocycles. The quantitative estimate of drug-likeness (QED) is 0.619. The molecule has 5 nitrogen and oxygen atoms in total. The van der Waals surface area contributed by atoms with Crippen molar-refractivity contribution in [2.24, 2.45) is 11.8 Å². The lowest BCUT2D eigenvalue weighted by Gasteiger charge is -2.16. The molecular formula is C13H15BrN2O3. The Morgan fingerprint density at radius 2 is 1.95 bits per heavy atom. The number of carbonyl (C=O) groups excluding carboxylic acids is 1. The van der Waals surface area contributed by atoms with E-state index in [1.807, 2.05) is 0 Å². The van der Waals surface area contributed by atoms with E-state index in [9.17, 15) is 14.9 Å². The van der Waals surface area contributed by atoms with Gasteiger partial charge in [-0.25, -0.2) is 0 Å². The first-order valence-electron chi connectivity index (χ1n) is 6.14. The summed E-state index contributed by atoms with van der Waals surface area (Å²) < 4.78 is 0.261. The number of amides is 1. The molecule has 1 aliphatic rings. The first-order chi connectivity index (χ1) is 8.91. The van der Waals surface area contributed by atoms with Crippen LogP contribution in [-0.4, -0.2) is 28.8 Å². The highest BCUT2D eigenvalue weighted by atomic mass is 79.9. The fourth-order valence-electron chi connectivity index (χ4n) is 2.29. The highest BCUT2D eigenvalue weighted by Gasteiger charge is 2.31. The molecule has 2 unspecified atom stereocenters. The Bertz CT molecular complexity index is 523. The molecule has 0 spiro atoms. The van der Waals surface area contributed by atoms with Gasteiger partial charge in [0, 0.05) is 19.2 Å². The van der Waals surface area contributed by atoms with Crippen LogP contribution in [0.1, 0.15) is 24.2 Å². The Labute approximate surface area is 119 Å². The zero-order chi connectivity index (χ0) is 14.2. The maximum atomic E-state index is 12.4. The standard InChI is InChI=1S/C13H15BrN2O3/c1-8-6-15(7-9(8)2)13(17)10-4-3-5-11(12(10)14)16(18)19/h3-5,8-9H,6-7H2,1-2H3. The summed E-state index contributed by atoms with van der Waals surface area (Å²) >= 11 is 3.17. The minimum absolute atomic E-state index is 0.0776. The monoisotopic (exact) mass is 326 g/mol. The van der Waals surface area contributed by atoms with Crippen molar-refractivity contribution in [1.82, 2.24) is 4.90 Å². The first kappa shape index (κ1) is 14.0. The summed E-state index contributed by atoms with van der Waals surface area (Å²) in [6.07, 6.45) is 0.